The van der Waals surface area contributed by atoms with Crippen molar-refractivity contribution in [2.75, 3.05) is 0 Å². The van der Waals surface area contributed by atoms with Gasteiger partial charge in [0.05, 0.1) is 5.69 Å². The Balaban J connectivity index is 1.81. The molecule has 3 nitrogen and oxygen atoms in total. The Morgan fingerprint density at radius 1 is 1.05 bits per heavy atom. The summed E-state index contributed by atoms with van der Waals surface area (Å²) in [4.78, 5) is 0. The van der Waals surface area contributed by atoms with Gasteiger partial charge in [-0.3, -0.25) is 4.68 Å². The fourth-order valence-corrected chi connectivity index (χ4v) is 2.17. The molecule has 19 heavy (non-hydrogen) atoms. The van der Waals surface area contributed by atoms with Gasteiger partial charge in [0.25, 0.3) is 0 Å². The topological polar surface area (TPSA) is 29.9 Å². The smallest absolute Gasteiger partial charge is 0.0518 e. The average molecular weight is 257 g/mol. The molecule has 0 saturated heterocycles. The predicted octanol–water partition coefficient (Wildman–Crippen LogP) is 2.91. The Kier molecular flexibility index (Phi) is 4.74. The van der Waals surface area contributed by atoms with Crippen LogP contribution in [0.1, 0.15) is 30.7 Å². The number of nitrogens with zero attached hydrogens (tertiary/aromatic N) is 2. The van der Waals surface area contributed by atoms with Crippen LogP contribution in [0, 0.1) is 5.92 Å². The number of rotatable bonds is 6. The number of aromatic nitrogens is 2. The molecule has 0 bridgehead atoms. The van der Waals surface area contributed by atoms with Crippen LogP contribution in [0.25, 0.3) is 0 Å². The standard InChI is InChI=1S/C16H23N3/c1-13(2)10-14-4-6-15(7-5-14)11-17-12-16-8-9-18-19(16)3/h4-9,13,17H,10-12H2,1-3H3. The lowest BCUT2D eigenvalue weighted by molar-refractivity contribution is 0.625. The van der Waals surface area contributed by atoms with Crippen LogP contribution in [0.3, 0.4) is 0 Å². The van der Waals surface area contributed by atoms with E-state index in [1.165, 1.54) is 16.8 Å². The molecule has 0 aliphatic heterocycles. The lowest BCUT2D eigenvalue weighted by atomic mass is 10.0. The fraction of sp³-hybridized carbons (Fsp3) is 0.438. The van der Waals surface area contributed by atoms with E-state index in [-0.39, 0.29) is 0 Å². The van der Waals surface area contributed by atoms with E-state index in [9.17, 15) is 0 Å². The Bertz CT molecular complexity index is 497. The van der Waals surface area contributed by atoms with Gasteiger partial charge in [-0.15, -0.1) is 0 Å². The third kappa shape index (κ3) is 4.21. The first-order valence-corrected chi connectivity index (χ1v) is 6.90. The van der Waals surface area contributed by atoms with Crippen LogP contribution in [0.5, 0.6) is 0 Å². The summed E-state index contributed by atoms with van der Waals surface area (Å²) < 4.78 is 1.90. The van der Waals surface area contributed by atoms with Crippen LogP contribution in [-0.4, -0.2) is 9.78 Å². The summed E-state index contributed by atoms with van der Waals surface area (Å²) in [6.45, 7) is 6.25. The average Bonchev–Trinajstić information content (AvgIpc) is 2.77. The second-order valence-corrected chi connectivity index (χ2v) is 5.46. The molecule has 0 aliphatic rings. The summed E-state index contributed by atoms with van der Waals surface area (Å²) in [5.41, 5.74) is 3.96. The quantitative estimate of drug-likeness (QED) is 0.862. The fourth-order valence-electron chi connectivity index (χ4n) is 2.17. The summed E-state index contributed by atoms with van der Waals surface area (Å²) >= 11 is 0. The molecule has 2 rings (SSSR count). The second kappa shape index (κ2) is 6.53. The molecule has 1 heterocycles. The lowest BCUT2D eigenvalue weighted by Gasteiger charge is -2.08. The van der Waals surface area contributed by atoms with E-state index in [4.69, 9.17) is 0 Å². The molecule has 0 fully saturated rings. The number of hydrogen-bond acceptors (Lipinski definition) is 2. The molecule has 0 saturated carbocycles. The van der Waals surface area contributed by atoms with Gasteiger partial charge in [0.15, 0.2) is 0 Å². The van der Waals surface area contributed by atoms with Crippen LogP contribution in [0.2, 0.25) is 0 Å². The van der Waals surface area contributed by atoms with Gasteiger partial charge >= 0.3 is 0 Å². The Labute approximate surface area is 115 Å². The zero-order chi connectivity index (χ0) is 13.7. The highest BCUT2D eigenvalue weighted by atomic mass is 15.3. The maximum atomic E-state index is 4.16. The van der Waals surface area contributed by atoms with Crippen molar-refractivity contribution in [3.63, 3.8) is 0 Å². The maximum Gasteiger partial charge on any atom is 0.0518 e. The zero-order valence-electron chi connectivity index (χ0n) is 12.1. The molecule has 2 aromatic rings. The van der Waals surface area contributed by atoms with Gasteiger partial charge in [-0.25, -0.2) is 0 Å². The minimum atomic E-state index is 0.716. The molecular weight excluding hydrogens is 234 g/mol. The van der Waals surface area contributed by atoms with E-state index in [1.807, 2.05) is 24.0 Å². The van der Waals surface area contributed by atoms with Gasteiger partial charge in [0.1, 0.15) is 0 Å². The second-order valence-electron chi connectivity index (χ2n) is 5.46. The van der Waals surface area contributed by atoms with Gasteiger partial charge < -0.3 is 5.32 Å². The number of aryl methyl sites for hydroxylation is 1. The first-order chi connectivity index (χ1) is 9.15. The molecule has 102 valence electrons. The van der Waals surface area contributed by atoms with Crippen molar-refractivity contribution in [1.82, 2.24) is 15.1 Å². The highest BCUT2D eigenvalue weighted by Gasteiger charge is 2.00. The first kappa shape index (κ1) is 13.8. The first-order valence-electron chi connectivity index (χ1n) is 6.90. The summed E-state index contributed by atoms with van der Waals surface area (Å²) in [5, 5.41) is 7.60. The van der Waals surface area contributed by atoms with Crippen molar-refractivity contribution in [2.45, 2.75) is 33.4 Å². The number of benzene rings is 1. The molecule has 1 aromatic carbocycles. The largest absolute Gasteiger partial charge is 0.307 e. The van der Waals surface area contributed by atoms with E-state index >= 15 is 0 Å². The molecule has 0 amide bonds. The zero-order valence-corrected chi connectivity index (χ0v) is 12.1. The van der Waals surface area contributed by atoms with Crippen molar-refractivity contribution in [2.24, 2.45) is 13.0 Å². The molecule has 0 radical (unpaired) electrons. The number of hydrogen-bond donors (Lipinski definition) is 1. The van der Waals surface area contributed by atoms with Gasteiger partial charge in [-0.1, -0.05) is 38.1 Å². The molecule has 1 aromatic heterocycles. The summed E-state index contributed by atoms with van der Waals surface area (Å²) in [5.74, 6) is 0.716. The van der Waals surface area contributed by atoms with Gasteiger partial charge in [0.2, 0.25) is 0 Å². The van der Waals surface area contributed by atoms with E-state index in [2.05, 4.69) is 48.5 Å². The maximum absolute atomic E-state index is 4.16. The van der Waals surface area contributed by atoms with Crippen LogP contribution in [-0.2, 0) is 26.6 Å². The molecule has 0 atom stereocenters. The predicted molar refractivity (Wildman–Crippen MR) is 78.7 cm³/mol. The van der Waals surface area contributed by atoms with Gasteiger partial charge in [0, 0.05) is 26.3 Å². The van der Waals surface area contributed by atoms with Gasteiger partial charge in [-0.05, 0) is 29.5 Å². The Morgan fingerprint density at radius 2 is 1.74 bits per heavy atom. The molecule has 0 aliphatic carbocycles. The van der Waals surface area contributed by atoms with Crippen LogP contribution in [0.15, 0.2) is 36.5 Å². The van der Waals surface area contributed by atoms with Crippen molar-refractivity contribution in [1.29, 1.82) is 0 Å². The molecule has 1 N–H and O–H groups in total. The summed E-state index contributed by atoms with van der Waals surface area (Å²) in [6, 6.07) is 10.9. The molecule has 3 heteroatoms. The van der Waals surface area contributed by atoms with Gasteiger partial charge in [-0.2, -0.15) is 5.10 Å². The van der Waals surface area contributed by atoms with Crippen molar-refractivity contribution < 1.29 is 0 Å². The molecule has 0 unspecified atom stereocenters. The lowest BCUT2D eigenvalue weighted by Crippen LogP contribution is -2.15. The van der Waals surface area contributed by atoms with Crippen molar-refractivity contribution >= 4 is 0 Å². The minimum absolute atomic E-state index is 0.716. The van der Waals surface area contributed by atoms with Crippen molar-refractivity contribution in [3.05, 3.63) is 53.3 Å². The van der Waals surface area contributed by atoms with Crippen LogP contribution >= 0.6 is 0 Å². The minimum Gasteiger partial charge on any atom is -0.307 e. The van der Waals surface area contributed by atoms with E-state index in [0.717, 1.165) is 19.5 Å². The number of nitrogens with one attached hydrogen (secondary N) is 1. The van der Waals surface area contributed by atoms with E-state index < -0.39 is 0 Å². The Morgan fingerprint density at radius 3 is 2.32 bits per heavy atom. The van der Waals surface area contributed by atoms with E-state index in [0.29, 0.717) is 5.92 Å². The third-order valence-corrected chi connectivity index (χ3v) is 3.22. The third-order valence-electron chi connectivity index (χ3n) is 3.22. The van der Waals surface area contributed by atoms with E-state index in [1.54, 1.807) is 0 Å². The monoisotopic (exact) mass is 257 g/mol. The summed E-state index contributed by atoms with van der Waals surface area (Å²) in [7, 11) is 1.97. The summed E-state index contributed by atoms with van der Waals surface area (Å²) in [6.07, 6.45) is 2.99. The highest BCUT2D eigenvalue weighted by molar-refractivity contribution is 5.22. The highest BCUT2D eigenvalue weighted by Crippen LogP contribution is 2.09. The van der Waals surface area contributed by atoms with Crippen LogP contribution < -0.4 is 5.32 Å². The Hall–Kier alpha value is -1.61. The molecular formula is C16H23N3. The van der Waals surface area contributed by atoms with Crippen LogP contribution in [0.4, 0.5) is 0 Å². The SMILES string of the molecule is CC(C)Cc1ccc(CNCc2ccnn2C)cc1. The normalized spacial score (nSPS) is 11.2. The molecule has 0 spiro atoms. The van der Waals surface area contributed by atoms with Crippen molar-refractivity contribution in [3.8, 4) is 0 Å².